The van der Waals surface area contributed by atoms with Crippen LogP contribution in [0.15, 0.2) is 24.3 Å². The first-order valence-electron chi connectivity index (χ1n) is 5.70. The lowest BCUT2D eigenvalue weighted by atomic mass is 10.0. The molecule has 0 saturated carbocycles. The van der Waals surface area contributed by atoms with Crippen LogP contribution in [-0.2, 0) is 16.0 Å². The van der Waals surface area contributed by atoms with Crippen molar-refractivity contribution in [2.45, 2.75) is 26.3 Å². The van der Waals surface area contributed by atoms with Crippen molar-refractivity contribution in [3.05, 3.63) is 29.8 Å². The molecule has 0 unspecified atom stereocenters. The number of benzene rings is 1. The molecule has 0 aromatic heterocycles. The van der Waals surface area contributed by atoms with E-state index in [-0.39, 0.29) is 24.0 Å². The first kappa shape index (κ1) is 14.0. The largest absolute Gasteiger partial charge is 0.508 e. The first-order chi connectivity index (χ1) is 8.40. The van der Waals surface area contributed by atoms with Gasteiger partial charge < -0.3 is 15.5 Å². The summed E-state index contributed by atoms with van der Waals surface area (Å²) in [5, 5.41) is 20.5. The van der Waals surface area contributed by atoms with Gasteiger partial charge in [0.2, 0.25) is 5.91 Å². The average Bonchev–Trinajstić information content (AvgIpc) is 2.28. The van der Waals surface area contributed by atoms with E-state index in [1.807, 2.05) is 0 Å². The van der Waals surface area contributed by atoms with Crippen LogP contribution in [0.5, 0.6) is 5.75 Å². The van der Waals surface area contributed by atoms with Crippen LogP contribution in [-0.4, -0.2) is 28.1 Å². The van der Waals surface area contributed by atoms with Crippen molar-refractivity contribution >= 4 is 11.9 Å². The maximum Gasteiger partial charge on any atom is 0.326 e. The minimum Gasteiger partial charge on any atom is -0.508 e. The predicted octanol–water partition coefficient (Wildman–Crippen LogP) is 1.16. The summed E-state index contributed by atoms with van der Waals surface area (Å²) in [7, 11) is 0. The number of amides is 1. The summed E-state index contributed by atoms with van der Waals surface area (Å²) in [6, 6.07) is 5.34. The molecule has 0 radical (unpaired) electrons. The van der Waals surface area contributed by atoms with Gasteiger partial charge in [-0.05, 0) is 23.6 Å². The molecule has 0 aliphatic carbocycles. The second-order valence-electron chi connectivity index (χ2n) is 4.47. The third-order valence-electron chi connectivity index (χ3n) is 2.55. The Labute approximate surface area is 105 Å². The van der Waals surface area contributed by atoms with Crippen molar-refractivity contribution < 1.29 is 19.8 Å². The van der Waals surface area contributed by atoms with E-state index in [0.717, 1.165) is 5.56 Å². The average molecular weight is 251 g/mol. The minimum atomic E-state index is -1.04. The third-order valence-corrected chi connectivity index (χ3v) is 2.55. The molecule has 0 heterocycles. The molecule has 1 atom stereocenters. The molecule has 0 spiro atoms. The zero-order chi connectivity index (χ0) is 13.7. The van der Waals surface area contributed by atoms with Crippen molar-refractivity contribution in [3.63, 3.8) is 0 Å². The fourth-order valence-corrected chi connectivity index (χ4v) is 1.54. The Morgan fingerprint density at radius 2 is 1.78 bits per heavy atom. The second kappa shape index (κ2) is 6.05. The summed E-state index contributed by atoms with van der Waals surface area (Å²) < 4.78 is 0. The highest BCUT2D eigenvalue weighted by Crippen LogP contribution is 2.10. The standard InChI is InChI=1S/C13H17NO4/c1-8(2)12(13(17)18)14-11(16)7-9-3-5-10(15)6-4-9/h3-6,8,12,15H,7H2,1-2H3,(H,14,16)(H,17,18)/t12-/m0/s1. The summed E-state index contributed by atoms with van der Waals surface area (Å²) in [6.45, 7) is 3.47. The third kappa shape index (κ3) is 4.08. The number of carboxylic acid groups (broad SMARTS) is 1. The molecule has 1 aromatic rings. The summed E-state index contributed by atoms with van der Waals surface area (Å²) in [5.74, 6) is -1.43. The molecule has 5 heteroatoms. The molecule has 0 aliphatic heterocycles. The zero-order valence-electron chi connectivity index (χ0n) is 10.4. The number of rotatable bonds is 5. The van der Waals surface area contributed by atoms with E-state index in [0.29, 0.717) is 0 Å². The van der Waals surface area contributed by atoms with Crippen molar-refractivity contribution in [1.82, 2.24) is 5.32 Å². The number of aliphatic carboxylic acids is 1. The molecular weight excluding hydrogens is 234 g/mol. The van der Waals surface area contributed by atoms with Crippen molar-refractivity contribution in [2.75, 3.05) is 0 Å². The summed E-state index contributed by atoms with van der Waals surface area (Å²) in [4.78, 5) is 22.6. The molecule has 0 fully saturated rings. The number of phenolic OH excluding ortho intramolecular Hbond substituents is 1. The van der Waals surface area contributed by atoms with Gasteiger partial charge in [0.1, 0.15) is 11.8 Å². The van der Waals surface area contributed by atoms with E-state index in [1.165, 1.54) is 12.1 Å². The van der Waals surface area contributed by atoms with Crippen LogP contribution >= 0.6 is 0 Å². The SMILES string of the molecule is CC(C)[C@H](NC(=O)Cc1ccc(O)cc1)C(=O)O. The van der Waals surface area contributed by atoms with Crippen LogP contribution in [0.3, 0.4) is 0 Å². The molecule has 1 aromatic carbocycles. The highest BCUT2D eigenvalue weighted by atomic mass is 16.4. The Bertz CT molecular complexity index is 425. The first-order valence-corrected chi connectivity index (χ1v) is 5.70. The predicted molar refractivity (Wildman–Crippen MR) is 66.2 cm³/mol. The van der Waals surface area contributed by atoms with Crippen LogP contribution in [0, 0.1) is 5.92 Å². The molecule has 0 bridgehead atoms. The van der Waals surface area contributed by atoms with E-state index in [1.54, 1.807) is 26.0 Å². The summed E-state index contributed by atoms with van der Waals surface area (Å²) in [6.07, 6.45) is 0.0940. The van der Waals surface area contributed by atoms with Crippen molar-refractivity contribution in [2.24, 2.45) is 5.92 Å². The normalized spacial score (nSPS) is 12.2. The molecule has 18 heavy (non-hydrogen) atoms. The molecule has 0 saturated heterocycles. The van der Waals surface area contributed by atoms with Crippen LogP contribution < -0.4 is 5.32 Å². The van der Waals surface area contributed by atoms with Crippen LogP contribution in [0.25, 0.3) is 0 Å². The van der Waals surface area contributed by atoms with Gasteiger partial charge in [-0.2, -0.15) is 0 Å². The number of carbonyl (C=O) groups excluding carboxylic acids is 1. The Morgan fingerprint density at radius 1 is 1.22 bits per heavy atom. The number of hydrogen-bond acceptors (Lipinski definition) is 3. The van der Waals surface area contributed by atoms with E-state index in [2.05, 4.69) is 5.32 Å². The molecular formula is C13H17NO4. The minimum absolute atomic E-state index is 0.0940. The highest BCUT2D eigenvalue weighted by Gasteiger charge is 2.23. The molecule has 1 rings (SSSR count). The summed E-state index contributed by atoms with van der Waals surface area (Å²) in [5.41, 5.74) is 0.721. The second-order valence-corrected chi connectivity index (χ2v) is 4.47. The monoisotopic (exact) mass is 251 g/mol. The number of nitrogens with one attached hydrogen (secondary N) is 1. The molecule has 1 amide bonds. The highest BCUT2D eigenvalue weighted by molar-refractivity contribution is 5.85. The Hall–Kier alpha value is -2.04. The van der Waals surface area contributed by atoms with Crippen LogP contribution in [0.1, 0.15) is 19.4 Å². The van der Waals surface area contributed by atoms with Crippen molar-refractivity contribution in [1.29, 1.82) is 0 Å². The van der Waals surface area contributed by atoms with E-state index >= 15 is 0 Å². The summed E-state index contributed by atoms with van der Waals surface area (Å²) >= 11 is 0. The van der Waals surface area contributed by atoms with Gasteiger partial charge in [0.05, 0.1) is 6.42 Å². The van der Waals surface area contributed by atoms with Gasteiger partial charge in [-0.25, -0.2) is 4.79 Å². The van der Waals surface area contributed by atoms with Gasteiger partial charge >= 0.3 is 5.97 Å². The Morgan fingerprint density at radius 3 is 2.22 bits per heavy atom. The molecule has 0 aliphatic rings. The Balaban J connectivity index is 2.60. The van der Waals surface area contributed by atoms with Crippen LogP contribution in [0.2, 0.25) is 0 Å². The van der Waals surface area contributed by atoms with Crippen LogP contribution in [0.4, 0.5) is 0 Å². The maximum absolute atomic E-state index is 11.7. The van der Waals surface area contributed by atoms with E-state index in [4.69, 9.17) is 10.2 Å². The zero-order valence-corrected chi connectivity index (χ0v) is 10.4. The smallest absolute Gasteiger partial charge is 0.326 e. The maximum atomic E-state index is 11.7. The molecule has 5 nitrogen and oxygen atoms in total. The van der Waals surface area contributed by atoms with Gasteiger partial charge in [-0.1, -0.05) is 26.0 Å². The lowest BCUT2D eigenvalue weighted by Gasteiger charge is -2.17. The molecule has 3 N–H and O–H groups in total. The topological polar surface area (TPSA) is 86.6 Å². The van der Waals surface area contributed by atoms with Gasteiger partial charge in [-0.3, -0.25) is 4.79 Å². The number of hydrogen-bond donors (Lipinski definition) is 3. The number of aromatic hydroxyl groups is 1. The number of phenols is 1. The fraction of sp³-hybridized carbons (Fsp3) is 0.385. The van der Waals surface area contributed by atoms with Crippen molar-refractivity contribution in [3.8, 4) is 5.75 Å². The van der Waals surface area contributed by atoms with Gasteiger partial charge in [-0.15, -0.1) is 0 Å². The molecule has 98 valence electrons. The number of carboxylic acids is 1. The van der Waals surface area contributed by atoms with Gasteiger partial charge in [0.15, 0.2) is 0 Å². The van der Waals surface area contributed by atoms with E-state index in [9.17, 15) is 9.59 Å². The fourth-order valence-electron chi connectivity index (χ4n) is 1.54. The lowest BCUT2D eigenvalue weighted by molar-refractivity contribution is -0.143. The Kier molecular flexibility index (Phi) is 4.71. The number of carbonyl (C=O) groups is 2. The van der Waals surface area contributed by atoms with Gasteiger partial charge in [0.25, 0.3) is 0 Å². The van der Waals surface area contributed by atoms with Gasteiger partial charge in [0, 0.05) is 0 Å². The quantitative estimate of drug-likeness (QED) is 0.733. The van der Waals surface area contributed by atoms with E-state index < -0.39 is 12.0 Å². The lowest BCUT2D eigenvalue weighted by Crippen LogP contribution is -2.44.